The first-order valence-electron chi connectivity index (χ1n) is 16.7. The number of hydrogen-bond acceptors (Lipinski definition) is 3. The van der Waals surface area contributed by atoms with Crippen molar-refractivity contribution in [1.29, 1.82) is 0 Å². The summed E-state index contributed by atoms with van der Waals surface area (Å²) in [4.78, 5) is 9.22. The zero-order chi connectivity index (χ0) is 34.2. The summed E-state index contributed by atoms with van der Waals surface area (Å²) in [5.74, 6) is -0.663. The largest absolute Gasteiger partial charge is 0.305 e. The Morgan fingerprint density at radius 1 is 0.750 bits per heavy atom. The van der Waals surface area contributed by atoms with Crippen LogP contribution in [0.1, 0.15) is 43.4 Å². The number of thiophene rings is 1. The van der Waals surface area contributed by atoms with Gasteiger partial charge in [0.2, 0.25) is 0 Å². The number of fused-ring (bicyclic) bond motifs is 3. The second kappa shape index (κ2) is 14.8. The minimum Gasteiger partial charge on any atom is -0.305 e. The molecule has 0 aliphatic rings. The first-order chi connectivity index (χ1) is 22.8. The molecule has 3 aromatic heterocycles. The summed E-state index contributed by atoms with van der Waals surface area (Å²) in [7, 11) is -1.27. The van der Waals surface area contributed by atoms with Gasteiger partial charge >= 0.3 is 0 Å². The molecule has 7 rings (SSSR count). The molecule has 0 saturated carbocycles. The van der Waals surface area contributed by atoms with E-state index >= 15 is 0 Å². The van der Waals surface area contributed by atoms with Crippen LogP contribution >= 0.6 is 11.3 Å². The van der Waals surface area contributed by atoms with Crippen molar-refractivity contribution in [3.8, 4) is 33.6 Å². The van der Waals surface area contributed by atoms with E-state index < -0.39 is 14.0 Å². The van der Waals surface area contributed by atoms with E-state index in [2.05, 4.69) is 123 Å². The Balaban J connectivity index is 0.000000221. The second-order valence-corrected chi connectivity index (χ2v) is 19.5. The Bertz CT molecular complexity index is 2230. The van der Waals surface area contributed by atoms with Crippen molar-refractivity contribution in [3.63, 3.8) is 0 Å². The van der Waals surface area contributed by atoms with E-state index in [-0.39, 0.29) is 20.1 Å². The summed E-state index contributed by atoms with van der Waals surface area (Å²) in [6.07, 6.45) is 3.86. The quantitative estimate of drug-likeness (QED) is 0.127. The molecule has 0 saturated heterocycles. The average Bonchev–Trinajstić information content (AvgIpc) is 3.44. The molecule has 3 heterocycles. The Morgan fingerprint density at radius 2 is 1.50 bits per heavy atom. The molecule has 2 nitrogen and oxygen atoms in total. The molecular weight excluding hydrogens is 797 g/mol. The van der Waals surface area contributed by atoms with Crippen LogP contribution in [0, 0.1) is 32.9 Å². The molecule has 1 radical (unpaired) electrons. The Morgan fingerprint density at radius 3 is 2.17 bits per heavy atom. The van der Waals surface area contributed by atoms with Gasteiger partial charge in [-0.1, -0.05) is 98.5 Å². The zero-order valence-corrected chi connectivity index (χ0v) is 33.2. The van der Waals surface area contributed by atoms with Gasteiger partial charge in [-0.05, 0) is 81.6 Å². The van der Waals surface area contributed by atoms with Crippen molar-refractivity contribution >= 4 is 44.8 Å². The minimum absolute atomic E-state index is 0. The fourth-order valence-corrected chi connectivity index (χ4v) is 9.36. The topological polar surface area (TPSA) is 25.8 Å². The van der Waals surface area contributed by atoms with Crippen LogP contribution in [0.2, 0.25) is 19.6 Å². The molecule has 5 heteroatoms. The maximum absolute atomic E-state index is 8.40. The van der Waals surface area contributed by atoms with Crippen molar-refractivity contribution in [1.82, 2.24) is 9.97 Å². The molecule has 0 bridgehead atoms. The Kier molecular flexibility index (Phi) is 10.5. The van der Waals surface area contributed by atoms with Crippen molar-refractivity contribution in [2.24, 2.45) is 0 Å². The van der Waals surface area contributed by atoms with Crippen LogP contribution in [0.25, 0.3) is 53.8 Å². The molecule has 0 aliphatic heterocycles. The average molecular weight is 840 g/mol. The number of nitrogens with zero attached hydrogens (tertiary/aromatic N) is 2. The number of rotatable bonds is 5. The maximum Gasteiger partial charge on any atom is 0.0798 e. The van der Waals surface area contributed by atoms with Gasteiger partial charge in [-0.15, -0.1) is 59.7 Å². The normalized spacial score (nSPS) is 11.9. The fraction of sp³-hybridized carbons (Fsp3) is 0.209. The van der Waals surface area contributed by atoms with Crippen molar-refractivity contribution < 1.29 is 21.5 Å². The zero-order valence-electron chi connectivity index (χ0n) is 30.0. The van der Waals surface area contributed by atoms with Crippen LogP contribution in [0.4, 0.5) is 0 Å². The molecule has 48 heavy (non-hydrogen) atoms. The van der Waals surface area contributed by atoms with Crippen LogP contribution < -0.4 is 5.19 Å². The molecule has 0 amide bonds. The molecule has 0 unspecified atom stereocenters. The fourth-order valence-electron chi connectivity index (χ4n) is 6.36. The third-order valence-corrected chi connectivity index (χ3v) is 12.2. The van der Waals surface area contributed by atoms with Gasteiger partial charge in [0.25, 0.3) is 0 Å². The third-order valence-electron chi connectivity index (χ3n) is 8.72. The van der Waals surface area contributed by atoms with E-state index in [1.807, 2.05) is 67.8 Å². The van der Waals surface area contributed by atoms with Gasteiger partial charge in [-0.3, -0.25) is 0 Å². The van der Waals surface area contributed by atoms with Gasteiger partial charge in [-0.2, -0.15) is 11.3 Å². The van der Waals surface area contributed by atoms with Crippen molar-refractivity contribution in [3.05, 3.63) is 138 Å². The monoisotopic (exact) mass is 840 g/mol. The first-order valence-corrected chi connectivity index (χ1v) is 20.5. The summed E-state index contributed by atoms with van der Waals surface area (Å²) in [6.45, 7) is 17.5. The molecule has 4 aromatic carbocycles. The predicted octanol–water partition coefficient (Wildman–Crippen LogP) is 11.7. The molecule has 0 N–H and O–H groups in total. The summed E-state index contributed by atoms with van der Waals surface area (Å²) >= 11 is 1.82. The van der Waals surface area contributed by atoms with Gasteiger partial charge in [0.05, 0.1) is 8.07 Å². The predicted molar refractivity (Wildman–Crippen MR) is 207 cm³/mol. The first kappa shape index (κ1) is 34.1. The van der Waals surface area contributed by atoms with E-state index in [1.165, 1.54) is 53.2 Å². The molecule has 0 spiro atoms. The van der Waals surface area contributed by atoms with Gasteiger partial charge in [0.1, 0.15) is 0 Å². The number of aromatic nitrogens is 2. The number of hydrogen-bond donors (Lipinski definition) is 0. The van der Waals surface area contributed by atoms with E-state index in [1.54, 1.807) is 0 Å². The van der Waals surface area contributed by atoms with E-state index in [0.717, 1.165) is 28.1 Å². The molecule has 245 valence electrons. The smallest absolute Gasteiger partial charge is 0.0798 e. The number of pyridine rings is 2. The molecule has 0 aliphatic carbocycles. The van der Waals surface area contributed by atoms with E-state index in [0.29, 0.717) is 0 Å². The van der Waals surface area contributed by atoms with Gasteiger partial charge in [-0.25, -0.2) is 0 Å². The Labute approximate surface area is 306 Å². The summed E-state index contributed by atoms with van der Waals surface area (Å²) in [5, 5.41) is 3.98. The minimum atomic E-state index is -1.27. The standard InChI is InChI=1S/C28H24NS.C15H18NSi.Ir/c1-17(2)21-13-14-29-25(16-21)23-12-8-11-22-24-15-18(3)26(20-9-6-5-7-10-20)19(4)27(24)30-28(22)23;1-12-10-14(13-8-6-5-7-9-13)16-11-15(12)17(2,3)4;/h5-11,13-17H,1-4H3;5-8,10-11H,1-4H3;/q2*-1;/i17D;;. The molecule has 0 fully saturated rings. The van der Waals surface area contributed by atoms with Gasteiger partial charge in [0, 0.05) is 38.6 Å². The van der Waals surface area contributed by atoms with Crippen LogP contribution in [0.15, 0.2) is 103 Å². The summed E-state index contributed by atoms with van der Waals surface area (Å²) in [6, 6.07) is 37.9. The van der Waals surface area contributed by atoms with Crippen LogP contribution in [-0.4, -0.2) is 18.0 Å². The van der Waals surface area contributed by atoms with Crippen LogP contribution in [-0.2, 0) is 20.1 Å². The Hall–Kier alpha value is -3.73. The second-order valence-electron chi connectivity index (χ2n) is 13.5. The van der Waals surface area contributed by atoms with Crippen molar-refractivity contribution in [2.75, 3.05) is 0 Å². The number of benzene rings is 4. The van der Waals surface area contributed by atoms with Gasteiger partial charge in [0.15, 0.2) is 0 Å². The van der Waals surface area contributed by atoms with Crippen LogP contribution in [0.5, 0.6) is 0 Å². The third kappa shape index (κ3) is 7.30. The SMILES string of the molecule is Cc1cc(-c2[c-]cccc2)ncc1[Si](C)(C)C.[2H]C(C)(C)c1ccnc(-c2[c-]ccc3c2sc2c(C)c(-c4ccccc4)c(C)cc23)c1.[Ir]. The van der Waals surface area contributed by atoms with E-state index in [4.69, 9.17) is 1.37 Å². The van der Waals surface area contributed by atoms with Gasteiger partial charge < -0.3 is 9.97 Å². The molecular formula is C43H42IrN2SSi-2. The molecule has 0 atom stereocenters. The summed E-state index contributed by atoms with van der Waals surface area (Å²) < 4.78 is 10.9. The number of aryl methyl sites for hydroxylation is 3. The summed E-state index contributed by atoms with van der Waals surface area (Å²) in [5.41, 5.74) is 11.5. The van der Waals surface area contributed by atoms with Crippen LogP contribution in [0.3, 0.4) is 0 Å². The van der Waals surface area contributed by atoms with E-state index in [9.17, 15) is 0 Å². The van der Waals surface area contributed by atoms with Crippen molar-refractivity contribution in [2.45, 2.75) is 60.2 Å². The molecule has 7 aromatic rings. The maximum atomic E-state index is 8.40.